The maximum absolute atomic E-state index is 12.5. The summed E-state index contributed by atoms with van der Waals surface area (Å²) in [6.45, 7) is 1.78. The van der Waals surface area contributed by atoms with Crippen molar-refractivity contribution in [1.29, 1.82) is 0 Å². The number of rotatable bonds is 7. The van der Waals surface area contributed by atoms with E-state index in [1.807, 2.05) is 12.1 Å². The van der Waals surface area contributed by atoms with Crippen LogP contribution in [0.15, 0.2) is 71.9 Å². The number of ether oxygens (including phenoxy) is 1. The Morgan fingerprint density at radius 3 is 2.47 bits per heavy atom. The SMILES string of the molecule is COc1ccccc1NC(=O)c1ccc(NC(=O)C(C)Sc2ncccc2Cl)cc1. The number of para-hydroxylation sites is 2. The lowest BCUT2D eigenvalue weighted by molar-refractivity contribution is -0.115. The van der Waals surface area contributed by atoms with Crippen molar-refractivity contribution in [2.24, 2.45) is 0 Å². The third-order valence-corrected chi connectivity index (χ3v) is 5.69. The van der Waals surface area contributed by atoms with Crippen LogP contribution in [0.3, 0.4) is 0 Å². The summed E-state index contributed by atoms with van der Waals surface area (Å²) in [7, 11) is 1.55. The normalized spacial score (nSPS) is 11.4. The van der Waals surface area contributed by atoms with Crippen LogP contribution in [0.25, 0.3) is 0 Å². The zero-order valence-electron chi connectivity index (χ0n) is 16.4. The first-order valence-electron chi connectivity index (χ1n) is 9.10. The molecule has 0 spiro atoms. The first kappa shape index (κ1) is 21.7. The smallest absolute Gasteiger partial charge is 0.255 e. The number of nitrogens with one attached hydrogen (secondary N) is 2. The molecule has 0 fully saturated rings. The summed E-state index contributed by atoms with van der Waals surface area (Å²) < 4.78 is 5.24. The molecule has 0 saturated carbocycles. The van der Waals surface area contributed by atoms with Crippen LogP contribution in [0, 0.1) is 0 Å². The van der Waals surface area contributed by atoms with Crippen molar-refractivity contribution in [3.8, 4) is 5.75 Å². The molecule has 0 saturated heterocycles. The lowest BCUT2D eigenvalue weighted by atomic mass is 10.2. The highest BCUT2D eigenvalue weighted by molar-refractivity contribution is 8.00. The van der Waals surface area contributed by atoms with Gasteiger partial charge in [-0.05, 0) is 55.5 Å². The molecule has 8 heteroatoms. The minimum absolute atomic E-state index is 0.187. The summed E-state index contributed by atoms with van der Waals surface area (Å²) in [5.41, 5.74) is 1.64. The number of aromatic nitrogens is 1. The number of hydrogen-bond donors (Lipinski definition) is 2. The minimum atomic E-state index is -0.397. The molecule has 1 atom stereocenters. The molecule has 0 aliphatic rings. The number of pyridine rings is 1. The molecule has 1 unspecified atom stereocenters. The van der Waals surface area contributed by atoms with Crippen molar-refractivity contribution in [1.82, 2.24) is 4.98 Å². The van der Waals surface area contributed by atoms with E-state index in [0.717, 1.165) is 0 Å². The van der Waals surface area contributed by atoms with Crippen molar-refractivity contribution >= 4 is 46.6 Å². The molecule has 0 aliphatic carbocycles. The molecule has 0 bridgehead atoms. The first-order chi connectivity index (χ1) is 14.5. The fraction of sp³-hybridized carbons (Fsp3) is 0.136. The average molecular weight is 442 g/mol. The van der Waals surface area contributed by atoms with Crippen molar-refractivity contribution < 1.29 is 14.3 Å². The Hall–Kier alpha value is -3.03. The fourth-order valence-corrected chi connectivity index (χ4v) is 3.63. The van der Waals surface area contributed by atoms with Crippen molar-refractivity contribution in [2.75, 3.05) is 17.7 Å². The molecule has 0 radical (unpaired) electrons. The highest BCUT2D eigenvalue weighted by atomic mass is 35.5. The summed E-state index contributed by atoms with van der Waals surface area (Å²) in [4.78, 5) is 29.1. The van der Waals surface area contributed by atoms with E-state index < -0.39 is 5.25 Å². The van der Waals surface area contributed by atoms with Gasteiger partial charge in [0.2, 0.25) is 5.91 Å². The van der Waals surface area contributed by atoms with Crippen molar-refractivity contribution in [3.63, 3.8) is 0 Å². The van der Waals surface area contributed by atoms with Crippen LogP contribution in [-0.2, 0) is 4.79 Å². The molecule has 3 rings (SSSR count). The number of carbonyl (C=O) groups excluding carboxylic acids is 2. The van der Waals surface area contributed by atoms with E-state index in [9.17, 15) is 9.59 Å². The summed E-state index contributed by atoms with van der Waals surface area (Å²) in [6, 6.07) is 17.3. The number of hydrogen-bond acceptors (Lipinski definition) is 5. The zero-order valence-corrected chi connectivity index (χ0v) is 18.0. The summed E-state index contributed by atoms with van der Waals surface area (Å²) in [5.74, 6) is 0.119. The maximum Gasteiger partial charge on any atom is 0.255 e. The lowest BCUT2D eigenvalue weighted by Gasteiger charge is -2.13. The largest absolute Gasteiger partial charge is 0.495 e. The number of anilines is 2. The summed E-state index contributed by atoms with van der Waals surface area (Å²) >= 11 is 7.38. The molecule has 6 nitrogen and oxygen atoms in total. The van der Waals surface area contributed by atoms with Crippen LogP contribution in [0.4, 0.5) is 11.4 Å². The molecule has 1 heterocycles. The minimum Gasteiger partial charge on any atom is -0.495 e. The highest BCUT2D eigenvalue weighted by Crippen LogP contribution is 2.28. The second kappa shape index (κ2) is 10.1. The molecule has 2 aromatic carbocycles. The van der Waals surface area contributed by atoms with E-state index in [2.05, 4.69) is 15.6 Å². The van der Waals surface area contributed by atoms with Crippen LogP contribution in [0.2, 0.25) is 5.02 Å². The molecule has 2 amide bonds. The predicted molar refractivity (Wildman–Crippen MR) is 121 cm³/mol. The standard InChI is InChI=1S/C22H20ClN3O3S/c1-14(30-22-17(23)6-5-13-24-22)20(27)25-16-11-9-15(10-12-16)21(28)26-18-7-3-4-8-19(18)29-2/h3-14H,1-2H3,(H,25,27)(H,26,28). The number of halogens is 1. The Kier molecular flexibility index (Phi) is 7.32. The second-order valence-corrected chi connectivity index (χ2v) is 8.01. The van der Waals surface area contributed by atoms with Gasteiger partial charge in [0.25, 0.3) is 5.91 Å². The molecule has 3 aromatic rings. The van der Waals surface area contributed by atoms with E-state index >= 15 is 0 Å². The van der Waals surface area contributed by atoms with E-state index in [-0.39, 0.29) is 11.8 Å². The number of carbonyl (C=O) groups is 2. The van der Waals surface area contributed by atoms with E-state index in [1.54, 1.807) is 68.8 Å². The van der Waals surface area contributed by atoms with E-state index in [4.69, 9.17) is 16.3 Å². The predicted octanol–water partition coefficient (Wildman–Crippen LogP) is 5.12. The number of benzene rings is 2. The second-order valence-electron chi connectivity index (χ2n) is 6.27. The van der Waals surface area contributed by atoms with Gasteiger partial charge < -0.3 is 15.4 Å². The van der Waals surface area contributed by atoms with Gasteiger partial charge in [0, 0.05) is 17.4 Å². The molecule has 30 heavy (non-hydrogen) atoms. The van der Waals surface area contributed by atoms with Gasteiger partial charge >= 0.3 is 0 Å². The van der Waals surface area contributed by atoms with Crippen LogP contribution < -0.4 is 15.4 Å². The van der Waals surface area contributed by atoms with Crippen LogP contribution in [0.5, 0.6) is 5.75 Å². The van der Waals surface area contributed by atoms with Gasteiger partial charge in [0.05, 0.1) is 23.1 Å². The maximum atomic E-state index is 12.5. The lowest BCUT2D eigenvalue weighted by Crippen LogP contribution is -2.22. The van der Waals surface area contributed by atoms with Gasteiger partial charge in [-0.2, -0.15) is 0 Å². The van der Waals surface area contributed by atoms with Gasteiger partial charge in [-0.15, -0.1) is 0 Å². The number of nitrogens with zero attached hydrogens (tertiary/aromatic N) is 1. The number of methoxy groups -OCH3 is 1. The molecule has 2 N–H and O–H groups in total. The van der Waals surface area contributed by atoms with Crippen molar-refractivity contribution in [3.05, 3.63) is 77.4 Å². The zero-order chi connectivity index (χ0) is 21.5. The Labute approximate surface area is 184 Å². The van der Waals surface area contributed by atoms with Crippen LogP contribution >= 0.6 is 23.4 Å². The first-order valence-corrected chi connectivity index (χ1v) is 10.4. The topological polar surface area (TPSA) is 80.3 Å². The van der Waals surface area contributed by atoms with Crippen molar-refractivity contribution in [2.45, 2.75) is 17.2 Å². The average Bonchev–Trinajstić information content (AvgIpc) is 2.76. The Bertz CT molecular complexity index is 1040. The third-order valence-electron chi connectivity index (χ3n) is 4.15. The Morgan fingerprint density at radius 2 is 1.77 bits per heavy atom. The van der Waals surface area contributed by atoms with Gasteiger partial charge in [-0.25, -0.2) is 4.98 Å². The summed E-state index contributed by atoms with van der Waals surface area (Å²) in [5, 5.41) is 6.36. The third kappa shape index (κ3) is 5.52. The molecule has 0 aliphatic heterocycles. The van der Waals surface area contributed by atoms with Gasteiger partial charge in [-0.3, -0.25) is 9.59 Å². The quantitative estimate of drug-likeness (QED) is 0.497. The molecular weight excluding hydrogens is 422 g/mol. The summed E-state index contributed by atoms with van der Waals surface area (Å²) in [6.07, 6.45) is 1.63. The van der Waals surface area contributed by atoms with Crippen LogP contribution in [-0.4, -0.2) is 29.2 Å². The molecule has 154 valence electrons. The molecular formula is C22H20ClN3O3S. The monoisotopic (exact) mass is 441 g/mol. The van der Waals surface area contributed by atoms with E-state index in [0.29, 0.717) is 32.7 Å². The Balaban J connectivity index is 1.60. The molecule has 1 aromatic heterocycles. The highest BCUT2D eigenvalue weighted by Gasteiger charge is 2.17. The fourth-order valence-electron chi connectivity index (χ4n) is 2.57. The van der Waals surface area contributed by atoms with Gasteiger partial charge in [0.1, 0.15) is 10.8 Å². The van der Waals surface area contributed by atoms with Gasteiger partial charge in [0.15, 0.2) is 0 Å². The Morgan fingerprint density at radius 1 is 1.03 bits per heavy atom. The van der Waals surface area contributed by atoms with Crippen LogP contribution in [0.1, 0.15) is 17.3 Å². The van der Waals surface area contributed by atoms with Gasteiger partial charge in [-0.1, -0.05) is 35.5 Å². The van der Waals surface area contributed by atoms with E-state index in [1.165, 1.54) is 11.8 Å². The number of thioether (sulfide) groups is 1. The number of amides is 2.